The maximum atomic E-state index is 14.6. The number of sulfonamides is 1. The first-order valence-electron chi connectivity index (χ1n) is 15.6. The summed E-state index contributed by atoms with van der Waals surface area (Å²) < 4.78 is 40.5. The number of benzene rings is 4. The molecule has 0 fully saturated rings. The van der Waals surface area contributed by atoms with E-state index < -0.39 is 28.5 Å². The minimum absolute atomic E-state index is 0.0740. The van der Waals surface area contributed by atoms with E-state index in [-0.39, 0.29) is 29.5 Å². The van der Waals surface area contributed by atoms with Gasteiger partial charge in [0.25, 0.3) is 10.0 Å². The smallest absolute Gasteiger partial charge is 0.264 e. The Labute approximate surface area is 278 Å². The first kappa shape index (κ1) is 35.0. The Hall–Kier alpha value is -4.83. The molecule has 0 saturated heterocycles. The molecule has 0 spiro atoms. The molecule has 47 heavy (non-hydrogen) atoms. The molecule has 2 amide bonds. The van der Waals surface area contributed by atoms with Gasteiger partial charge in [-0.25, -0.2) is 8.42 Å². The van der Waals surface area contributed by atoms with Crippen molar-refractivity contribution in [2.45, 2.75) is 51.1 Å². The summed E-state index contributed by atoms with van der Waals surface area (Å²) in [6, 6.07) is 27.5. The molecule has 0 heterocycles. The molecule has 248 valence electrons. The molecule has 0 radical (unpaired) electrons. The minimum Gasteiger partial charge on any atom is -0.493 e. The highest BCUT2D eigenvalue weighted by atomic mass is 32.2. The van der Waals surface area contributed by atoms with Crippen LogP contribution in [0.25, 0.3) is 0 Å². The number of hydrogen-bond acceptors (Lipinski definition) is 6. The van der Waals surface area contributed by atoms with Crippen molar-refractivity contribution in [1.82, 2.24) is 10.2 Å². The molecule has 0 unspecified atom stereocenters. The maximum Gasteiger partial charge on any atom is 0.264 e. The maximum absolute atomic E-state index is 14.6. The summed E-state index contributed by atoms with van der Waals surface area (Å²) in [4.78, 5) is 29.8. The molecule has 4 rings (SSSR count). The van der Waals surface area contributed by atoms with E-state index in [2.05, 4.69) is 5.32 Å². The number of carbonyl (C=O) groups is 2. The van der Waals surface area contributed by atoms with Crippen LogP contribution in [0.5, 0.6) is 11.5 Å². The van der Waals surface area contributed by atoms with E-state index in [0.717, 1.165) is 33.0 Å². The molecule has 1 atom stereocenters. The van der Waals surface area contributed by atoms with Crippen molar-refractivity contribution < 1.29 is 27.5 Å². The fourth-order valence-corrected chi connectivity index (χ4v) is 6.58. The Morgan fingerprint density at radius 2 is 1.40 bits per heavy atom. The Morgan fingerprint density at radius 1 is 0.787 bits per heavy atom. The van der Waals surface area contributed by atoms with Gasteiger partial charge in [-0.1, -0.05) is 84.8 Å². The van der Waals surface area contributed by atoms with Gasteiger partial charge in [0.1, 0.15) is 12.6 Å². The fraction of sp³-hybridized carbons (Fsp3) is 0.297. The van der Waals surface area contributed by atoms with Crippen LogP contribution < -0.4 is 19.1 Å². The number of anilines is 1. The van der Waals surface area contributed by atoms with Crippen molar-refractivity contribution in [3.63, 3.8) is 0 Å². The number of hydrogen-bond donors (Lipinski definition) is 1. The molecule has 4 aromatic carbocycles. The third-order valence-corrected chi connectivity index (χ3v) is 9.61. The number of amides is 2. The Morgan fingerprint density at radius 3 is 2.00 bits per heavy atom. The quantitative estimate of drug-likeness (QED) is 0.176. The van der Waals surface area contributed by atoms with Gasteiger partial charge in [-0.2, -0.15) is 0 Å². The number of nitrogens with zero attached hydrogens (tertiary/aromatic N) is 2. The zero-order chi connectivity index (χ0) is 34.0. The standard InChI is InChI=1S/C37H43N3O6S/c1-6-22-38-37(42)33(23-29-10-8-7-9-11-29)39(25-30-16-12-27(2)13-17-30)36(41)26-40(31-18-14-28(3)15-19-31)47(43,44)32-20-21-34(45-4)35(24-32)46-5/h7-21,24,33H,6,22-23,25-26H2,1-5H3,(H,38,42)/t33-/m1/s1. The van der Waals surface area contributed by atoms with Gasteiger partial charge in [0.2, 0.25) is 11.8 Å². The van der Waals surface area contributed by atoms with E-state index in [9.17, 15) is 18.0 Å². The summed E-state index contributed by atoms with van der Waals surface area (Å²) in [6.07, 6.45) is 0.974. The van der Waals surface area contributed by atoms with Crippen LogP contribution in [0.3, 0.4) is 0 Å². The highest BCUT2D eigenvalue weighted by Gasteiger charge is 2.35. The molecular weight excluding hydrogens is 614 g/mol. The minimum atomic E-state index is -4.30. The molecule has 1 N–H and O–H groups in total. The molecule has 0 aliphatic carbocycles. The normalized spacial score (nSPS) is 11.8. The summed E-state index contributed by atoms with van der Waals surface area (Å²) in [6.45, 7) is 5.84. The van der Waals surface area contributed by atoms with Gasteiger partial charge in [-0.05, 0) is 55.7 Å². The van der Waals surface area contributed by atoms with E-state index >= 15 is 0 Å². The first-order valence-corrected chi connectivity index (χ1v) is 17.0. The number of aryl methyl sites for hydroxylation is 2. The zero-order valence-electron chi connectivity index (χ0n) is 27.6. The predicted molar refractivity (Wildman–Crippen MR) is 184 cm³/mol. The van der Waals surface area contributed by atoms with Crippen molar-refractivity contribution in [3.8, 4) is 11.5 Å². The van der Waals surface area contributed by atoms with Crippen molar-refractivity contribution in [2.24, 2.45) is 0 Å². The van der Waals surface area contributed by atoms with Crippen LogP contribution in [0, 0.1) is 13.8 Å². The number of rotatable bonds is 15. The molecular formula is C37H43N3O6S. The lowest BCUT2D eigenvalue weighted by molar-refractivity contribution is -0.140. The Balaban J connectivity index is 1.81. The lowest BCUT2D eigenvalue weighted by Crippen LogP contribution is -2.53. The van der Waals surface area contributed by atoms with Crippen molar-refractivity contribution in [3.05, 3.63) is 119 Å². The largest absolute Gasteiger partial charge is 0.493 e. The summed E-state index contributed by atoms with van der Waals surface area (Å²) in [7, 11) is -1.41. The number of methoxy groups -OCH3 is 2. The second-order valence-electron chi connectivity index (χ2n) is 11.4. The molecule has 0 aromatic heterocycles. The van der Waals surface area contributed by atoms with Crippen molar-refractivity contribution in [2.75, 3.05) is 31.6 Å². The molecule has 4 aromatic rings. The third kappa shape index (κ3) is 8.92. The van der Waals surface area contributed by atoms with Crippen LogP contribution in [0.1, 0.15) is 35.6 Å². The second-order valence-corrected chi connectivity index (χ2v) is 13.2. The van der Waals surface area contributed by atoms with Crippen LogP contribution in [0.4, 0.5) is 5.69 Å². The van der Waals surface area contributed by atoms with Crippen LogP contribution >= 0.6 is 0 Å². The highest BCUT2D eigenvalue weighted by molar-refractivity contribution is 7.92. The number of carbonyl (C=O) groups excluding carboxylic acids is 2. The summed E-state index contributed by atoms with van der Waals surface area (Å²) >= 11 is 0. The molecule has 0 aliphatic rings. The van der Waals surface area contributed by atoms with E-state index in [1.807, 2.05) is 75.4 Å². The molecule has 10 heteroatoms. The lowest BCUT2D eigenvalue weighted by Gasteiger charge is -2.34. The van der Waals surface area contributed by atoms with Gasteiger partial charge in [0.05, 0.1) is 24.8 Å². The molecule has 9 nitrogen and oxygen atoms in total. The van der Waals surface area contributed by atoms with E-state index in [1.54, 1.807) is 24.3 Å². The topological polar surface area (TPSA) is 105 Å². The van der Waals surface area contributed by atoms with Crippen LogP contribution in [0.15, 0.2) is 102 Å². The number of ether oxygens (including phenoxy) is 2. The zero-order valence-corrected chi connectivity index (χ0v) is 28.4. The summed E-state index contributed by atoms with van der Waals surface area (Å²) in [5.41, 5.74) is 3.98. The highest BCUT2D eigenvalue weighted by Crippen LogP contribution is 2.32. The first-order chi connectivity index (χ1) is 22.6. The monoisotopic (exact) mass is 657 g/mol. The van der Waals surface area contributed by atoms with E-state index in [4.69, 9.17) is 9.47 Å². The average molecular weight is 658 g/mol. The average Bonchev–Trinajstić information content (AvgIpc) is 3.08. The fourth-order valence-electron chi connectivity index (χ4n) is 5.15. The van der Waals surface area contributed by atoms with Gasteiger partial charge in [0, 0.05) is 25.6 Å². The third-order valence-electron chi connectivity index (χ3n) is 7.84. The van der Waals surface area contributed by atoms with Gasteiger partial charge >= 0.3 is 0 Å². The summed E-state index contributed by atoms with van der Waals surface area (Å²) in [5.74, 6) is -0.223. The SMILES string of the molecule is CCCNC(=O)[C@@H](Cc1ccccc1)N(Cc1ccc(C)cc1)C(=O)CN(c1ccc(C)cc1)S(=O)(=O)c1ccc(OC)c(OC)c1. The Bertz CT molecular complexity index is 1740. The van der Waals surface area contributed by atoms with Crippen molar-refractivity contribution >= 4 is 27.5 Å². The Kier molecular flexibility index (Phi) is 12.0. The lowest BCUT2D eigenvalue weighted by atomic mass is 10.0. The van der Waals surface area contributed by atoms with E-state index in [1.165, 1.54) is 37.3 Å². The van der Waals surface area contributed by atoms with Gasteiger partial charge in [-0.3, -0.25) is 13.9 Å². The van der Waals surface area contributed by atoms with Crippen molar-refractivity contribution in [1.29, 1.82) is 0 Å². The van der Waals surface area contributed by atoms with Gasteiger partial charge in [-0.15, -0.1) is 0 Å². The molecule has 0 bridgehead atoms. The molecule has 0 aliphatic heterocycles. The van der Waals surface area contributed by atoms with E-state index in [0.29, 0.717) is 18.0 Å². The van der Waals surface area contributed by atoms with Gasteiger partial charge in [0.15, 0.2) is 11.5 Å². The summed E-state index contributed by atoms with van der Waals surface area (Å²) in [5, 5.41) is 2.96. The van der Waals surface area contributed by atoms with Crippen LogP contribution in [-0.2, 0) is 32.6 Å². The molecule has 0 saturated carbocycles. The predicted octanol–water partition coefficient (Wildman–Crippen LogP) is 5.68. The van der Waals surface area contributed by atoms with Crippen LogP contribution in [0.2, 0.25) is 0 Å². The van der Waals surface area contributed by atoms with Gasteiger partial charge < -0.3 is 19.7 Å². The number of nitrogens with one attached hydrogen (secondary N) is 1. The second kappa shape index (κ2) is 16.1. The van der Waals surface area contributed by atoms with Crippen LogP contribution in [-0.4, -0.2) is 58.5 Å².